The molecule has 2 aromatic rings. The quantitative estimate of drug-likeness (QED) is 0.784. The fourth-order valence-electron chi connectivity index (χ4n) is 2.74. The summed E-state index contributed by atoms with van der Waals surface area (Å²) in [7, 11) is -3.65. The molecule has 1 atom stereocenters. The van der Waals surface area contributed by atoms with E-state index in [9.17, 15) is 13.2 Å². The Kier molecular flexibility index (Phi) is 6.49. The highest BCUT2D eigenvalue weighted by molar-refractivity contribution is 7.92. The molecule has 0 fully saturated rings. The zero-order valence-electron chi connectivity index (χ0n) is 16.3. The molecular weight excluding hydrogens is 364 g/mol. The topological polar surface area (TPSA) is 75.7 Å². The Labute approximate surface area is 161 Å². The molecule has 146 valence electrons. The molecule has 27 heavy (non-hydrogen) atoms. The van der Waals surface area contributed by atoms with Crippen molar-refractivity contribution in [2.75, 3.05) is 15.9 Å². The van der Waals surface area contributed by atoms with E-state index in [1.807, 2.05) is 26.8 Å². The summed E-state index contributed by atoms with van der Waals surface area (Å²) in [4.78, 5) is 12.7. The molecule has 0 saturated heterocycles. The molecule has 1 N–H and O–H groups in total. The summed E-state index contributed by atoms with van der Waals surface area (Å²) in [5.74, 6) is 0.206. The Morgan fingerprint density at radius 3 is 2.33 bits per heavy atom. The van der Waals surface area contributed by atoms with Crippen LogP contribution >= 0.6 is 0 Å². The highest BCUT2D eigenvalue weighted by Crippen LogP contribution is 2.23. The predicted molar refractivity (Wildman–Crippen MR) is 109 cm³/mol. The number of sulfonamides is 1. The van der Waals surface area contributed by atoms with Gasteiger partial charge in [-0.05, 0) is 57.5 Å². The standard InChI is InChI=1S/C20H26N2O4S/c1-14(2)26-19-11-7-9-17(13-19)21-20(23)16(4)22(27(5,24)25)18-10-6-8-15(3)12-18/h6-14,16H,1-5H3,(H,21,23)/t16-/m0/s1. The van der Waals surface area contributed by atoms with Crippen molar-refractivity contribution in [3.63, 3.8) is 0 Å². The second-order valence-corrected chi connectivity index (χ2v) is 8.62. The Morgan fingerprint density at radius 2 is 1.74 bits per heavy atom. The molecule has 0 saturated carbocycles. The van der Waals surface area contributed by atoms with Crippen LogP contribution in [-0.4, -0.2) is 32.7 Å². The summed E-state index contributed by atoms with van der Waals surface area (Å²) < 4.78 is 31.4. The summed E-state index contributed by atoms with van der Waals surface area (Å²) in [6.45, 7) is 7.26. The normalized spacial score (nSPS) is 12.5. The van der Waals surface area contributed by atoms with E-state index in [1.54, 1.807) is 49.4 Å². The number of benzene rings is 2. The molecule has 0 aliphatic heterocycles. The average Bonchev–Trinajstić information content (AvgIpc) is 2.53. The average molecular weight is 391 g/mol. The third-order valence-corrected chi connectivity index (χ3v) is 5.06. The van der Waals surface area contributed by atoms with Gasteiger partial charge in [0.15, 0.2) is 0 Å². The predicted octanol–water partition coefficient (Wildman–Crippen LogP) is 3.58. The molecule has 6 nitrogen and oxygen atoms in total. The smallest absolute Gasteiger partial charge is 0.247 e. The summed E-state index contributed by atoms with van der Waals surface area (Å²) in [5.41, 5.74) is 1.91. The van der Waals surface area contributed by atoms with Gasteiger partial charge in [0.25, 0.3) is 0 Å². The Balaban J connectivity index is 2.25. The maximum Gasteiger partial charge on any atom is 0.247 e. The summed E-state index contributed by atoms with van der Waals surface area (Å²) in [6, 6.07) is 13.1. The van der Waals surface area contributed by atoms with Gasteiger partial charge in [0.2, 0.25) is 15.9 Å². The van der Waals surface area contributed by atoms with E-state index in [-0.39, 0.29) is 6.10 Å². The minimum Gasteiger partial charge on any atom is -0.491 e. The van der Waals surface area contributed by atoms with Crippen LogP contribution in [0.5, 0.6) is 5.75 Å². The van der Waals surface area contributed by atoms with Crippen molar-refractivity contribution in [1.29, 1.82) is 0 Å². The molecule has 2 rings (SSSR count). The van der Waals surface area contributed by atoms with E-state index in [0.717, 1.165) is 16.1 Å². The number of rotatable bonds is 7. The molecule has 0 aliphatic rings. The molecule has 0 aliphatic carbocycles. The molecule has 0 spiro atoms. The van der Waals surface area contributed by atoms with Gasteiger partial charge in [-0.2, -0.15) is 0 Å². The molecule has 0 bridgehead atoms. The van der Waals surface area contributed by atoms with Gasteiger partial charge in [0.05, 0.1) is 18.0 Å². The first-order chi connectivity index (χ1) is 12.6. The van der Waals surface area contributed by atoms with Gasteiger partial charge in [-0.1, -0.05) is 18.2 Å². The van der Waals surface area contributed by atoms with E-state index in [1.165, 1.54) is 0 Å². The van der Waals surface area contributed by atoms with E-state index in [2.05, 4.69) is 5.32 Å². The lowest BCUT2D eigenvalue weighted by molar-refractivity contribution is -0.116. The van der Waals surface area contributed by atoms with Gasteiger partial charge in [-0.25, -0.2) is 8.42 Å². The van der Waals surface area contributed by atoms with E-state index < -0.39 is 22.0 Å². The number of carbonyl (C=O) groups is 1. The number of nitrogens with one attached hydrogen (secondary N) is 1. The number of aryl methyl sites for hydroxylation is 1. The van der Waals surface area contributed by atoms with E-state index in [4.69, 9.17) is 4.74 Å². The van der Waals surface area contributed by atoms with Crippen LogP contribution in [0.1, 0.15) is 26.3 Å². The first-order valence-corrected chi connectivity index (χ1v) is 10.6. The van der Waals surface area contributed by atoms with Gasteiger partial charge in [0.1, 0.15) is 11.8 Å². The minimum atomic E-state index is -3.65. The number of hydrogen-bond acceptors (Lipinski definition) is 4. The third-order valence-electron chi connectivity index (χ3n) is 3.82. The first kappa shape index (κ1) is 20.8. The monoisotopic (exact) mass is 390 g/mol. The van der Waals surface area contributed by atoms with Crippen molar-refractivity contribution in [2.45, 2.75) is 39.8 Å². The maximum absolute atomic E-state index is 12.7. The highest BCUT2D eigenvalue weighted by Gasteiger charge is 2.29. The van der Waals surface area contributed by atoms with Crippen molar-refractivity contribution < 1.29 is 17.9 Å². The number of ether oxygens (including phenoxy) is 1. The number of amides is 1. The van der Waals surface area contributed by atoms with Crippen LogP contribution < -0.4 is 14.4 Å². The molecule has 0 unspecified atom stereocenters. The highest BCUT2D eigenvalue weighted by atomic mass is 32.2. The molecule has 2 aromatic carbocycles. The van der Waals surface area contributed by atoms with Gasteiger partial charge in [-0.15, -0.1) is 0 Å². The fourth-order valence-corrected chi connectivity index (χ4v) is 3.91. The zero-order valence-corrected chi connectivity index (χ0v) is 17.1. The minimum absolute atomic E-state index is 0.0110. The third kappa shape index (κ3) is 5.72. The van der Waals surface area contributed by atoms with Crippen LogP contribution in [0.15, 0.2) is 48.5 Å². The van der Waals surface area contributed by atoms with Crippen LogP contribution in [0, 0.1) is 6.92 Å². The second-order valence-electron chi connectivity index (χ2n) is 6.76. The second kappa shape index (κ2) is 8.43. The largest absolute Gasteiger partial charge is 0.491 e. The van der Waals surface area contributed by atoms with Crippen LogP contribution in [0.25, 0.3) is 0 Å². The van der Waals surface area contributed by atoms with Crippen LogP contribution in [0.4, 0.5) is 11.4 Å². The zero-order chi connectivity index (χ0) is 20.2. The molecular formula is C20H26N2O4S. The van der Waals surface area contributed by atoms with Gasteiger partial charge < -0.3 is 10.1 Å². The number of hydrogen-bond donors (Lipinski definition) is 1. The van der Waals surface area contributed by atoms with Gasteiger partial charge in [-0.3, -0.25) is 9.10 Å². The molecule has 0 heterocycles. The van der Waals surface area contributed by atoms with Crippen molar-refractivity contribution in [3.05, 3.63) is 54.1 Å². The lowest BCUT2D eigenvalue weighted by Crippen LogP contribution is -2.45. The van der Waals surface area contributed by atoms with Crippen LogP contribution in [0.3, 0.4) is 0 Å². The van der Waals surface area contributed by atoms with Crippen LogP contribution in [-0.2, 0) is 14.8 Å². The Morgan fingerprint density at radius 1 is 1.07 bits per heavy atom. The van der Waals surface area contributed by atoms with Crippen molar-refractivity contribution in [2.24, 2.45) is 0 Å². The Hall–Kier alpha value is -2.54. The lowest BCUT2D eigenvalue weighted by atomic mass is 10.2. The van der Waals surface area contributed by atoms with E-state index in [0.29, 0.717) is 17.1 Å². The SMILES string of the molecule is Cc1cccc(N([C@@H](C)C(=O)Nc2cccc(OC(C)C)c2)S(C)(=O)=O)c1. The Bertz CT molecular complexity index is 910. The summed E-state index contributed by atoms with van der Waals surface area (Å²) in [5, 5.41) is 2.77. The first-order valence-electron chi connectivity index (χ1n) is 8.71. The molecule has 1 amide bonds. The van der Waals surface area contributed by atoms with Gasteiger partial charge >= 0.3 is 0 Å². The van der Waals surface area contributed by atoms with Gasteiger partial charge in [0, 0.05) is 11.8 Å². The van der Waals surface area contributed by atoms with Crippen molar-refractivity contribution >= 4 is 27.3 Å². The number of nitrogens with zero attached hydrogens (tertiary/aromatic N) is 1. The van der Waals surface area contributed by atoms with Crippen molar-refractivity contribution in [3.8, 4) is 5.75 Å². The lowest BCUT2D eigenvalue weighted by Gasteiger charge is -2.28. The van der Waals surface area contributed by atoms with Crippen molar-refractivity contribution in [1.82, 2.24) is 0 Å². The number of carbonyl (C=O) groups excluding carboxylic acids is 1. The summed E-state index contributed by atoms with van der Waals surface area (Å²) >= 11 is 0. The van der Waals surface area contributed by atoms with E-state index >= 15 is 0 Å². The maximum atomic E-state index is 12.7. The molecule has 7 heteroatoms. The molecule has 0 radical (unpaired) electrons. The fraction of sp³-hybridized carbons (Fsp3) is 0.350. The summed E-state index contributed by atoms with van der Waals surface area (Å²) in [6.07, 6.45) is 1.10. The molecule has 0 aromatic heterocycles. The van der Waals surface area contributed by atoms with Crippen LogP contribution in [0.2, 0.25) is 0 Å². The number of anilines is 2.